The first-order valence-corrected chi connectivity index (χ1v) is 7.41. The van der Waals surface area contributed by atoms with Crippen LogP contribution < -0.4 is 4.74 Å². The minimum atomic E-state index is -0.684. The van der Waals surface area contributed by atoms with E-state index in [-0.39, 0.29) is 5.91 Å². The predicted octanol–water partition coefficient (Wildman–Crippen LogP) is 3.72. The van der Waals surface area contributed by atoms with Crippen molar-refractivity contribution in [1.82, 2.24) is 10.1 Å². The van der Waals surface area contributed by atoms with Crippen LogP contribution in [0.1, 0.15) is 18.4 Å². The lowest BCUT2D eigenvalue weighted by atomic mass is 10.3. The number of ether oxygens (including phenoxy) is 1. The highest BCUT2D eigenvalue weighted by Crippen LogP contribution is 2.28. The third-order valence-corrected chi connectivity index (χ3v) is 3.53. The van der Waals surface area contributed by atoms with E-state index in [0.717, 1.165) is 0 Å². The smallest absolute Gasteiger partial charge is 0.263 e. The molecule has 1 aromatic heterocycles. The van der Waals surface area contributed by atoms with Gasteiger partial charge in [0.1, 0.15) is 17.2 Å². The molecule has 1 aromatic carbocycles. The van der Waals surface area contributed by atoms with Crippen LogP contribution in [0, 0.1) is 6.92 Å². The Balaban J connectivity index is 1.98. The lowest BCUT2D eigenvalue weighted by Gasteiger charge is -2.21. The second-order valence-electron chi connectivity index (χ2n) is 4.96. The molecule has 22 heavy (non-hydrogen) atoms. The Kier molecular flexibility index (Phi) is 5.32. The first-order chi connectivity index (χ1) is 10.4. The highest BCUT2D eigenvalue weighted by atomic mass is 35.5. The summed E-state index contributed by atoms with van der Waals surface area (Å²) in [6, 6.07) is 6.64. The normalized spacial score (nSPS) is 12.0. The number of nitrogens with zero attached hydrogens (tertiary/aromatic N) is 2. The molecule has 0 aliphatic rings. The maximum absolute atomic E-state index is 12.3. The van der Waals surface area contributed by atoms with Gasteiger partial charge in [-0.1, -0.05) is 28.4 Å². The number of halogens is 2. The third kappa shape index (κ3) is 4.15. The summed E-state index contributed by atoms with van der Waals surface area (Å²) in [5.74, 6) is 0.928. The van der Waals surface area contributed by atoms with Crippen molar-refractivity contribution in [2.24, 2.45) is 0 Å². The Morgan fingerprint density at radius 1 is 1.41 bits per heavy atom. The molecule has 5 nitrogen and oxygen atoms in total. The Bertz CT molecular complexity index is 673. The van der Waals surface area contributed by atoms with E-state index in [9.17, 15) is 4.79 Å². The lowest BCUT2D eigenvalue weighted by Crippen LogP contribution is -2.37. The number of aromatic nitrogens is 1. The molecular weight excluding hydrogens is 327 g/mol. The number of aryl methyl sites for hydroxylation is 1. The molecule has 0 N–H and O–H groups in total. The second-order valence-corrected chi connectivity index (χ2v) is 5.80. The zero-order valence-electron chi connectivity index (χ0n) is 12.5. The van der Waals surface area contributed by atoms with Crippen molar-refractivity contribution < 1.29 is 14.1 Å². The Hall–Kier alpha value is -1.72. The Labute approximate surface area is 138 Å². The molecule has 2 rings (SSSR count). The summed E-state index contributed by atoms with van der Waals surface area (Å²) in [5, 5.41) is 4.73. The molecule has 0 spiro atoms. The highest BCUT2D eigenvalue weighted by molar-refractivity contribution is 6.35. The summed E-state index contributed by atoms with van der Waals surface area (Å²) in [7, 11) is 1.68. The van der Waals surface area contributed by atoms with Crippen LogP contribution in [0.4, 0.5) is 0 Å². The van der Waals surface area contributed by atoms with Crippen LogP contribution in [0.3, 0.4) is 0 Å². The average molecular weight is 343 g/mol. The number of rotatable bonds is 5. The van der Waals surface area contributed by atoms with Gasteiger partial charge < -0.3 is 14.2 Å². The summed E-state index contributed by atoms with van der Waals surface area (Å²) in [6.45, 7) is 3.81. The molecular formula is C15H16Cl2N2O3. The molecule has 1 atom stereocenters. The molecule has 0 radical (unpaired) electrons. The molecule has 7 heteroatoms. The van der Waals surface area contributed by atoms with E-state index in [1.165, 1.54) is 4.90 Å². The van der Waals surface area contributed by atoms with Gasteiger partial charge in [0, 0.05) is 18.1 Å². The molecule has 0 fully saturated rings. The van der Waals surface area contributed by atoms with Gasteiger partial charge >= 0.3 is 0 Å². The highest BCUT2D eigenvalue weighted by Gasteiger charge is 2.21. The summed E-state index contributed by atoms with van der Waals surface area (Å²) in [4.78, 5) is 13.8. The van der Waals surface area contributed by atoms with E-state index in [1.54, 1.807) is 45.2 Å². The second kappa shape index (κ2) is 7.03. The number of amides is 1. The molecule has 0 saturated carbocycles. The van der Waals surface area contributed by atoms with Gasteiger partial charge in [0.05, 0.1) is 11.6 Å². The fourth-order valence-electron chi connectivity index (χ4n) is 1.94. The fraction of sp³-hybridized carbons (Fsp3) is 0.333. The quantitative estimate of drug-likeness (QED) is 0.830. The van der Waals surface area contributed by atoms with E-state index >= 15 is 0 Å². The zero-order chi connectivity index (χ0) is 16.3. The zero-order valence-corrected chi connectivity index (χ0v) is 14.0. The first kappa shape index (κ1) is 16.6. The number of benzene rings is 1. The Morgan fingerprint density at radius 2 is 2.14 bits per heavy atom. The minimum Gasteiger partial charge on any atom is -0.479 e. The topological polar surface area (TPSA) is 55.6 Å². The number of hydrogen-bond acceptors (Lipinski definition) is 4. The average Bonchev–Trinajstić information content (AvgIpc) is 2.86. The number of hydrogen-bond donors (Lipinski definition) is 0. The summed E-state index contributed by atoms with van der Waals surface area (Å²) < 4.78 is 10.6. The van der Waals surface area contributed by atoms with Gasteiger partial charge in [-0.15, -0.1) is 0 Å². The van der Waals surface area contributed by atoms with Gasteiger partial charge in [-0.05, 0) is 32.0 Å². The molecule has 0 aliphatic carbocycles. The van der Waals surface area contributed by atoms with E-state index in [0.29, 0.717) is 33.8 Å². The van der Waals surface area contributed by atoms with E-state index in [4.69, 9.17) is 32.5 Å². The van der Waals surface area contributed by atoms with Crippen LogP contribution >= 0.6 is 23.2 Å². The Morgan fingerprint density at radius 3 is 2.73 bits per heavy atom. The van der Waals surface area contributed by atoms with Crippen molar-refractivity contribution in [3.63, 3.8) is 0 Å². The maximum atomic E-state index is 12.3. The van der Waals surface area contributed by atoms with Crippen molar-refractivity contribution in [1.29, 1.82) is 0 Å². The van der Waals surface area contributed by atoms with E-state index in [2.05, 4.69) is 5.16 Å². The van der Waals surface area contributed by atoms with Crippen molar-refractivity contribution >= 4 is 29.1 Å². The van der Waals surface area contributed by atoms with Crippen LogP contribution in [0.5, 0.6) is 5.75 Å². The molecule has 0 saturated heterocycles. The van der Waals surface area contributed by atoms with Crippen molar-refractivity contribution in [2.75, 3.05) is 7.05 Å². The predicted molar refractivity (Wildman–Crippen MR) is 84.3 cm³/mol. The summed E-state index contributed by atoms with van der Waals surface area (Å²) >= 11 is 11.9. The molecule has 118 valence electrons. The van der Waals surface area contributed by atoms with Crippen molar-refractivity contribution in [3.8, 4) is 5.75 Å². The monoisotopic (exact) mass is 342 g/mol. The van der Waals surface area contributed by atoms with Gasteiger partial charge in [0.15, 0.2) is 6.10 Å². The molecule has 0 unspecified atom stereocenters. The molecule has 1 amide bonds. The van der Waals surface area contributed by atoms with Gasteiger partial charge in [0.25, 0.3) is 5.91 Å². The van der Waals surface area contributed by atoms with Crippen LogP contribution in [0.2, 0.25) is 10.0 Å². The number of likely N-dealkylation sites (N-methyl/N-ethyl adjacent to an activating group) is 1. The van der Waals surface area contributed by atoms with Crippen molar-refractivity contribution in [3.05, 3.63) is 45.8 Å². The maximum Gasteiger partial charge on any atom is 0.263 e. The summed E-state index contributed by atoms with van der Waals surface area (Å²) in [6.07, 6.45) is -0.684. The van der Waals surface area contributed by atoms with Crippen LogP contribution in [-0.2, 0) is 11.3 Å². The molecule has 1 heterocycles. The standard InChI is InChI=1S/C15H16Cl2N2O3/c1-9-6-12(18-22-9)8-19(3)15(20)10(2)21-14-5-4-11(16)7-13(14)17/h4-7,10H,8H2,1-3H3/t10-/m1/s1. The van der Waals surface area contributed by atoms with Crippen LogP contribution in [-0.4, -0.2) is 29.1 Å². The van der Waals surface area contributed by atoms with Crippen molar-refractivity contribution in [2.45, 2.75) is 26.5 Å². The lowest BCUT2D eigenvalue weighted by molar-refractivity contribution is -0.137. The number of carbonyl (C=O) groups is 1. The molecule has 2 aromatic rings. The number of carbonyl (C=O) groups excluding carboxylic acids is 1. The van der Waals surface area contributed by atoms with Gasteiger partial charge in [-0.25, -0.2) is 0 Å². The SMILES string of the molecule is Cc1cc(CN(C)C(=O)[C@@H](C)Oc2ccc(Cl)cc2Cl)no1. The van der Waals surface area contributed by atoms with Crippen LogP contribution in [0.25, 0.3) is 0 Å². The van der Waals surface area contributed by atoms with E-state index in [1.807, 2.05) is 0 Å². The van der Waals surface area contributed by atoms with Gasteiger partial charge in [0.2, 0.25) is 0 Å². The van der Waals surface area contributed by atoms with Gasteiger partial charge in [-0.3, -0.25) is 4.79 Å². The first-order valence-electron chi connectivity index (χ1n) is 6.65. The fourth-order valence-corrected chi connectivity index (χ4v) is 2.39. The van der Waals surface area contributed by atoms with Gasteiger partial charge in [-0.2, -0.15) is 0 Å². The molecule has 0 bridgehead atoms. The molecule has 0 aliphatic heterocycles. The third-order valence-electron chi connectivity index (χ3n) is 3.00. The van der Waals surface area contributed by atoms with E-state index < -0.39 is 6.10 Å². The largest absolute Gasteiger partial charge is 0.479 e. The van der Waals surface area contributed by atoms with Crippen LogP contribution in [0.15, 0.2) is 28.8 Å². The summed E-state index contributed by atoms with van der Waals surface area (Å²) in [5.41, 5.74) is 0.685. The minimum absolute atomic E-state index is 0.188.